The molecule has 1 aromatic heterocycles. The van der Waals surface area contributed by atoms with E-state index in [1.165, 1.54) is 12.8 Å². The summed E-state index contributed by atoms with van der Waals surface area (Å²) < 4.78 is 1.71. The highest BCUT2D eigenvalue weighted by molar-refractivity contribution is 5.57. The van der Waals surface area contributed by atoms with Crippen molar-refractivity contribution in [1.29, 1.82) is 5.26 Å². The molecule has 0 aliphatic heterocycles. The van der Waals surface area contributed by atoms with Gasteiger partial charge in [-0.15, -0.1) is 0 Å². The molecule has 0 amide bonds. The maximum absolute atomic E-state index is 9.39. The summed E-state index contributed by atoms with van der Waals surface area (Å²) in [5, 5.41) is 14.0. The van der Waals surface area contributed by atoms with Crippen LogP contribution in [0.4, 0.5) is 5.82 Å². The number of hydrogen-bond acceptors (Lipinski definition) is 3. The van der Waals surface area contributed by atoms with Gasteiger partial charge in [-0.1, -0.05) is 25.0 Å². The first-order valence-electron chi connectivity index (χ1n) is 7.06. The summed E-state index contributed by atoms with van der Waals surface area (Å²) in [5.41, 5.74) is 9.65. The van der Waals surface area contributed by atoms with Gasteiger partial charge in [0.1, 0.15) is 17.5 Å². The lowest BCUT2D eigenvalue weighted by molar-refractivity contribution is 0.678. The minimum atomic E-state index is 0.387. The molecule has 0 bridgehead atoms. The summed E-state index contributed by atoms with van der Waals surface area (Å²) in [4.78, 5) is 0. The summed E-state index contributed by atoms with van der Waals surface area (Å²) in [6, 6.07) is 10.2. The van der Waals surface area contributed by atoms with Gasteiger partial charge >= 0.3 is 0 Å². The molecule has 1 heterocycles. The van der Waals surface area contributed by atoms with Gasteiger partial charge in [0.05, 0.1) is 11.4 Å². The zero-order valence-electron chi connectivity index (χ0n) is 11.6. The second-order valence-corrected chi connectivity index (χ2v) is 5.49. The lowest BCUT2D eigenvalue weighted by Gasteiger charge is -2.05. The van der Waals surface area contributed by atoms with Crippen LogP contribution in [0.2, 0.25) is 0 Å². The van der Waals surface area contributed by atoms with E-state index in [1.54, 1.807) is 4.68 Å². The zero-order valence-corrected chi connectivity index (χ0v) is 11.6. The molecule has 1 aliphatic rings. The van der Waals surface area contributed by atoms with E-state index in [4.69, 9.17) is 5.73 Å². The lowest BCUT2D eigenvalue weighted by atomic mass is 10.0. The minimum absolute atomic E-state index is 0.387. The molecule has 0 unspecified atom stereocenters. The monoisotopic (exact) mass is 266 g/mol. The van der Waals surface area contributed by atoms with Crippen LogP contribution >= 0.6 is 0 Å². The predicted octanol–water partition coefficient (Wildman–Crippen LogP) is 3.29. The van der Waals surface area contributed by atoms with E-state index >= 15 is 0 Å². The molecule has 0 saturated heterocycles. The molecule has 102 valence electrons. The molecule has 4 nitrogen and oxygen atoms in total. The first-order valence-corrected chi connectivity index (χ1v) is 7.06. The van der Waals surface area contributed by atoms with E-state index in [2.05, 4.69) is 11.2 Å². The molecular weight excluding hydrogens is 248 g/mol. The van der Waals surface area contributed by atoms with Crippen LogP contribution in [0.15, 0.2) is 24.3 Å². The number of nitrogens with two attached hydrogens (primary N) is 1. The first-order chi connectivity index (χ1) is 9.70. The molecule has 0 atom stereocenters. The van der Waals surface area contributed by atoms with Gasteiger partial charge in [-0.05, 0) is 37.5 Å². The topological polar surface area (TPSA) is 67.6 Å². The highest BCUT2D eigenvalue weighted by Gasteiger charge is 2.26. The standard InChI is InChI=1S/C16H18N4/c1-11-5-4-8-13(9-11)20-16(18)14(10-17)15(19-20)12-6-2-3-7-12/h4-5,8-9,12H,2-3,6-7,18H2,1H3. The van der Waals surface area contributed by atoms with Crippen molar-refractivity contribution in [3.63, 3.8) is 0 Å². The number of rotatable bonds is 2. The lowest BCUT2D eigenvalue weighted by Crippen LogP contribution is -2.03. The average molecular weight is 266 g/mol. The van der Waals surface area contributed by atoms with Gasteiger partial charge in [0, 0.05) is 5.92 Å². The van der Waals surface area contributed by atoms with Crippen LogP contribution in [-0.4, -0.2) is 9.78 Å². The van der Waals surface area contributed by atoms with E-state index in [0.717, 1.165) is 29.8 Å². The van der Waals surface area contributed by atoms with E-state index < -0.39 is 0 Å². The van der Waals surface area contributed by atoms with Gasteiger partial charge in [0.25, 0.3) is 0 Å². The second kappa shape index (κ2) is 5.01. The molecule has 1 aromatic carbocycles. The number of nitriles is 1. The Kier molecular flexibility index (Phi) is 3.19. The molecule has 2 aromatic rings. The minimum Gasteiger partial charge on any atom is -0.382 e. The van der Waals surface area contributed by atoms with Gasteiger partial charge < -0.3 is 5.73 Å². The number of nitrogens with zero attached hydrogens (tertiary/aromatic N) is 3. The summed E-state index contributed by atoms with van der Waals surface area (Å²) in [6.45, 7) is 2.03. The number of anilines is 1. The van der Waals surface area contributed by atoms with Crippen molar-refractivity contribution in [3.05, 3.63) is 41.1 Å². The Hall–Kier alpha value is -2.28. The van der Waals surface area contributed by atoms with Gasteiger partial charge in [-0.25, -0.2) is 4.68 Å². The van der Waals surface area contributed by atoms with Gasteiger partial charge in [-0.3, -0.25) is 0 Å². The highest BCUT2D eigenvalue weighted by atomic mass is 15.3. The van der Waals surface area contributed by atoms with Crippen molar-refractivity contribution in [2.24, 2.45) is 0 Å². The number of benzene rings is 1. The summed E-state index contributed by atoms with van der Waals surface area (Å²) in [6.07, 6.45) is 4.65. The van der Waals surface area contributed by atoms with E-state index in [0.29, 0.717) is 17.3 Å². The van der Waals surface area contributed by atoms with Gasteiger partial charge in [0.2, 0.25) is 0 Å². The smallest absolute Gasteiger partial charge is 0.145 e. The van der Waals surface area contributed by atoms with Crippen molar-refractivity contribution >= 4 is 5.82 Å². The van der Waals surface area contributed by atoms with E-state index in [-0.39, 0.29) is 0 Å². The third-order valence-corrected chi connectivity index (χ3v) is 4.05. The maximum Gasteiger partial charge on any atom is 0.145 e. The fourth-order valence-corrected chi connectivity index (χ4v) is 3.00. The fraction of sp³-hybridized carbons (Fsp3) is 0.375. The van der Waals surface area contributed by atoms with Crippen LogP contribution in [-0.2, 0) is 0 Å². The molecule has 1 saturated carbocycles. The van der Waals surface area contributed by atoms with Crippen LogP contribution in [0.5, 0.6) is 0 Å². The van der Waals surface area contributed by atoms with Crippen molar-refractivity contribution < 1.29 is 0 Å². The molecule has 3 rings (SSSR count). The molecule has 1 fully saturated rings. The molecule has 2 N–H and O–H groups in total. The highest BCUT2D eigenvalue weighted by Crippen LogP contribution is 2.37. The predicted molar refractivity (Wildman–Crippen MR) is 78.6 cm³/mol. The molecule has 20 heavy (non-hydrogen) atoms. The number of aromatic nitrogens is 2. The number of hydrogen-bond donors (Lipinski definition) is 1. The Morgan fingerprint density at radius 3 is 2.75 bits per heavy atom. The van der Waals surface area contributed by atoms with Crippen LogP contribution in [0, 0.1) is 18.3 Å². The summed E-state index contributed by atoms with van der Waals surface area (Å²) in [7, 11) is 0. The van der Waals surface area contributed by atoms with E-state index in [1.807, 2.05) is 31.2 Å². The Balaban J connectivity index is 2.11. The normalized spacial score (nSPS) is 15.4. The van der Waals surface area contributed by atoms with Crippen LogP contribution in [0.1, 0.15) is 48.4 Å². The van der Waals surface area contributed by atoms with Gasteiger partial charge in [0.15, 0.2) is 0 Å². The largest absolute Gasteiger partial charge is 0.382 e. The maximum atomic E-state index is 9.39. The van der Waals surface area contributed by atoms with Crippen LogP contribution in [0.3, 0.4) is 0 Å². The molecule has 1 aliphatic carbocycles. The van der Waals surface area contributed by atoms with Crippen molar-refractivity contribution in [2.75, 3.05) is 5.73 Å². The Morgan fingerprint density at radius 2 is 2.10 bits per heavy atom. The molecular formula is C16H18N4. The SMILES string of the molecule is Cc1cccc(-n2nc(C3CCCC3)c(C#N)c2N)c1. The van der Waals surface area contributed by atoms with Crippen LogP contribution < -0.4 is 5.73 Å². The van der Waals surface area contributed by atoms with Gasteiger partial charge in [-0.2, -0.15) is 10.4 Å². The summed E-state index contributed by atoms with van der Waals surface area (Å²) >= 11 is 0. The number of nitrogen functional groups attached to an aromatic ring is 1. The van der Waals surface area contributed by atoms with Crippen molar-refractivity contribution in [3.8, 4) is 11.8 Å². The third-order valence-electron chi connectivity index (χ3n) is 4.05. The van der Waals surface area contributed by atoms with Crippen molar-refractivity contribution in [1.82, 2.24) is 9.78 Å². The molecule has 0 spiro atoms. The van der Waals surface area contributed by atoms with Crippen molar-refractivity contribution in [2.45, 2.75) is 38.5 Å². The average Bonchev–Trinajstić information content (AvgIpc) is 3.05. The van der Waals surface area contributed by atoms with E-state index in [9.17, 15) is 5.26 Å². The second-order valence-electron chi connectivity index (χ2n) is 5.49. The zero-order chi connectivity index (χ0) is 14.1. The Morgan fingerprint density at radius 1 is 1.35 bits per heavy atom. The number of aryl methyl sites for hydroxylation is 1. The summed E-state index contributed by atoms with van der Waals surface area (Å²) in [5.74, 6) is 0.845. The Labute approximate surface area is 118 Å². The molecule has 0 radical (unpaired) electrons. The quantitative estimate of drug-likeness (QED) is 0.906. The first kappa shape index (κ1) is 12.7. The fourth-order valence-electron chi connectivity index (χ4n) is 3.00. The van der Waals surface area contributed by atoms with Crippen LogP contribution in [0.25, 0.3) is 5.69 Å². The third kappa shape index (κ3) is 2.05. The Bertz CT molecular complexity index is 672. The molecule has 4 heteroatoms.